The van der Waals surface area contributed by atoms with Crippen LogP contribution in [0.25, 0.3) is 11.1 Å². The number of hydrogen-bond donors (Lipinski definition) is 1. The zero-order valence-corrected chi connectivity index (χ0v) is 9.89. The summed E-state index contributed by atoms with van der Waals surface area (Å²) >= 11 is 5.84. The third kappa shape index (κ3) is 2.59. The maximum atomic E-state index is 12.4. The molecule has 2 aromatic carbocycles. The second-order valence-corrected chi connectivity index (χ2v) is 4.24. The number of nitrogen functional groups attached to an aromatic ring is 1. The number of benzene rings is 2. The molecule has 2 rings (SSSR count). The van der Waals surface area contributed by atoms with Crippen molar-refractivity contribution >= 4 is 17.3 Å². The minimum Gasteiger partial charge on any atom is -0.398 e. The van der Waals surface area contributed by atoms with Crippen LogP contribution in [0.4, 0.5) is 18.9 Å². The van der Waals surface area contributed by atoms with Crippen molar-refractivity contribution in [2.45, 2.75) is 6.18 Å². The standard InChI is InChI=1S/C13H9ClF3N/c14-10-5-6-12(18)11(7-10)8-1-3-9(4-2-8)13(15,16)17/h1-7H,18H2. The van der Waals surface area contributed by atoms with Gasteiger partial charge in [0.25, 0.3) is 0 Å². The van der Waals surface area contributed by atoms with Crippen LogP contribution in [-0.4, -0.2) is 0 Å². The smallest absolute Gasteiger partial charge is 0.398 e. The van der Waals surface area contributed by atoms with Crippen LogP contribution >= 0.6 is 11.6 Å². The van der Waals surface area contributed by atoms with Gasteiger partial charge in [-0.3, -0.25) is 0 Å². The van der Waals surface area contributed by atoms with Gasteiger partial charge in [0.2, 0.25) is 0 Å². The molecular weight excluding hydrogens is 263 g/mol. The van der Waals surface area contributed by atoms with Gasteiger partial charge in [-0.25, -0.2) is 0 Å². The van der Waals surface area contributed by atoms with Crippen molar-refractivity contribution in [3.05, 3.63) is 53.1 Å². The topological polar surface area (TPSA) is 26.0 Å². The van der Waals surface area contributed by atoms with Crippen molar-refractivity contribution in [1.29, 1.82) is 0 Å². The molecule has 0 spiro atoms. The van der Waals surface area contributed by atoms with E-state index in [0.717, 1.165) is 12.1 Å². The number of nitrogens with two attached hydrogens (primary N) is 1. The molecule has 0 atom stereocenters. The summed E-state index contributed by atoms with van der Waals surface area (Å²) in [6.07, 6.45) is -4.33. The van der Waals surface area contributed by atoms with Crippen LogP contribution in [-0.2, 0) is 6.18 Å². The van der Waals surface area contributed by atoms with E-state index >= 15 is 0 Å². The Kier molecular flexibility index (Phi) is 3.22. The third-order valence-electron chi connectivity index (χ3n) is 2.54. The first-order chi connectivity index (χ1) is 8.38. The highest BCUT2D eigenvalue weighted by Gasteiger charge is 2.29. The summed E-state index contributed by atoms with van der Waals surface area (Å²) in [5.74, 6) is 0. The fourth-order valence-corrected chi connectivity index (χ4v) is 1.79. The van der Waals surface area contributed by atoms with Gasteiger partial charge in [-0.05, 0) is 35.9 Å². The fraction of sp³-hybridized carbons (Fsp3) is 0.0769. The Bertz CT molecular complexity index is 561. The molecule has 0 bridgehead atoms. The second-order valence-electron chi connectivity index (χ2n) is 3.81. The minimum atomic E-state index is -4.33. The van der Waals surface area contributed by atoms with Crippen molar-refractivity contribution in [2.75, 3.05) is 5.73 Å². The lowest BCUT2D eigenvalue weighted by Crippen LogP contribution is -2.04. The van der Waals surface area contributed by atoms with Gasteiger partial charge in [0.05, 0.1) is 5.56 Å². The predicted molar refractivity (Wildman–Crippen MR) is 66.3 cm³/mol. The molecule has 0 saturated heterocycles. The van der Waals surface area contributed by atoms with Gasteiger partial charge in [0.15, 0.2) is 0 Å². The van der Waals surface area contributed by atoms with E-state index in [1.165, 1.54) is 12.1 Å². The SMILES string of the molecule is Nc1ccc(Cl)cc1-c1ccc(C(F)(F)F)cc1. The minimum absolute atomic E-state index is 0.471. The molecule has 0 aliphatic carbocycles. The van der Waals surface area contributed by atoms with Crippen LogP contribution in [0.15, 0.2) is 42.5 Å². The largest absolute Gasteiger partial charge is 0.416 e. The van der Waals surface area contributed by atoms with Crippen LogP contribution in [0.2, 0.25) is 5.02 Å². The molecule has 0 radical (unpaired) electrons. The first-order valence-corrected chi connectivity index (χ1v) is 5.48. The molecule has 5 heteroatoms. The summed E-state index contributed by atoms with van der Waals surface area (Å²) in [4.78, 5) is 0. The van der Waals surface area contributed by atoms with Crippen LogP contribution in [0.1, 0.15) is 5.56 Å². The molecule has 0 unspecified atom stereocenters. The van der Waals surface area contributed by atoms with Gasteiger partial charge in [0, 0.05) is 16.3 Å². The average molecular weight is 272 g/mol. The lowest BCUT2D eigenvalue weighted by Gasteiger charge is -2.09. The molecule has 18 heavy (non-hydrogen) atoms. The summed E-state index contributed by atoms with van der Waals surface area (Å²) in [6.45, 7) is 0. The van der Waals surface area contributed by atoms with Crippen molar-refractivity contribution in [3.63, 3.8) is 0 Å². The second kappa shape index (κ2) is 4.53. The summed E-state index contributed by atoms with van der Waals surface area (Å²) in [5.41, 5.74) is 6.77. The molecule has 1 nitrogen and oxygen atoms in total. The quantitative estimate of drug-likeness (QED) is 0.753. The van der Waals surface area contributed by atoms with E-state index in [0.29, 0.717) is 21.8 Å². The number of halogens is 4. The summed E-state index contributed by atoms with van der Waals surface area (Å²) in [7, 11) is 0. The van der Waals surface area contributed by atoms with E-state index in [2.05, 4.69) is 0 Å². The maximum Gasteiger partial charge on any atom is 0.416 e. The summed E-state index contributed by atoms with van der Waals surface area (Å²) in [6, 6.07) is 9.68. The molecule has 0 aliphatic rings. The Labute approximate surface area is 107 Å². The number of hydrogen-bond acceptors (Lipinski definition) is 1. The zero-order valence-electron chi connectivity index (χ0n) is 9.13. The Morgan fingerprint density at radius 3 is 2.11 bits per heavy atom. The molecule has 0 heterocycles. The molecule has 2 aromatic rings. The average Bonchev–Trinajstić information content (AvgIpc) is 2.31. The molecular formula is C13H9ClF3N. The first kappa shape index (κ1) is 12.8. The normalized spacial score (nSPS) is 11.6. The molecule has 0 aliphatic heterocycles. The van der Waals surface area contributed by atoms with Gasteiger partial charge in [-0.2, -0.15) is 13.2 Å². The highest BCUT2D eigenvalue weighted by molar-refractivity contribution is 6.31. The van der Waals surface area contributed by atoms with Crippen LogP contribution in [0.3, 0.4) is 0 Å². The van der Waals surface area contributed by atoms with E-state index in [4.69, 9.17) is 17.3 Å². The molecule has 0 amide bonds. The van der Waals surface area contributed by atoms with Crippen LogP contribution in [0.5, 0.6) is 0 Å². The van der Waals surface area contributed by atoms with Gasteiger partial charge in [-0.1, -0.05) is 23.7 Å². The highest BCUT2D eigenvalue weighted by Crippen LogP contribution is 2.33. The third-order valence-corrected chi connectivity index (χ3v) is 2.77. The van der Waals surface area contributed by atoms with Crippen LogP contribution < -0.4 is 5.73 Å². The number of rotatable bonds is 1. The van der Waals surface area contributed by atoms with Gasteiger partial charge < -0.3 is 5.73 Å². The van der Waals surface area contributed by atoms with Crippen molar-refractivity contribution in [3.8, 4) is 11.1 Å². The molecule has 94 valence electrons. The Morgan fingerprint density at radius 1 is 0.944 bits per heavy atom. The van der Waals surface area contributed by atoms with Crippen molar-refractivity contribution in [1.82, 2.24) is 0 Å². The maximum absolute atomic E-state index is 12.4. The lowest BCUT2D eigenvalue weighted by atomic mass is 10.0. The number of anilines is 1. The van der Waals surface area contributed by atoms with Crippen LogP contribution in [0, 0.1) is 0 Å². The highest BCUT2D eigenvalue weighted by atomic mass is 35.5. The Hall–Kier alpha value is -1.68. The lowest BCUT2D eigenvalue weighted by molar-refractivity contribution is -0.137. The van der Waals surface area contributed by atoms with E-state index in [-0.39, 0.29) is 0 Å². The fourth-order valence-electron chi connectivity index (χ4n) is 1.62. The first-order valence-electron chi connectivity index (χ1n) is 5.10. The summed E-state index contributed by atoms with van der Waals surface area (Å²) in [5, 5.41) is 0.485. The predicted octanol–water partition coefficient (Wildman–Crippen LogP) is 4.61. The number of alkyl halides is 3. The molecule has 0 aromatic heterocycles. The molecule has 0 fully saturated rings. The molecule has 2 N–H and O–H groups in total. The summed E-state index contributed by atoms with van der Waals surface area (Å²) < 4.78 is 37.3. The van der Waals surface area contributed by atoms with Gasteiger partial charge in [0.1, 0.15) is 0 Å². The molecule has 0 saturated carbocycles. The van der Waals surface area contributed by atoms with Gasteiger partial charge in [-0.15, -0.1) is 0 Å². The Balaban J connectivity index is 2.43. The van der Waals surface area contributed by atoms with E-state index in [9.17, 15) is 13.2 Å². The van der Waals surface area contributed by atoms with Crippen molar-refractivity contribution in [2.24, 2.45) is 0 Å². The Morgan fingerprint density at radius 2 is 1.56 bits per heavy atom. The van der Waals surface area contributed by atoms with Crippen molar-refractivity contribution < 1.29 is 13.2 Å². The van der Waals surface area contributed by atoms with E-state index < -0.39 is 11.7 Å². The monoisotopic (exact) mass is 271 g/mol. The van der Waals surface area contributed by atoms with E-state index in [1.807, 2.05) is 0 Å². The van der Waals surface area contributed by atoms with E-state index in [1.54, 1.807) is 18.2 Å². The zero-order chi connectivity index (χ0) is 13.3. The van der Waals surface area contributed by atoms with Gasteiger partial charge >= 0.3 is 6.18 Å².